The zero-order valence-electron chi connectivity index (χ0n) is 10.4. The number of hydrogen-bond donors (Lipinski definition) is 1. The molecule has 17 heavy (non-hydrogen) atoms. The van der Waals surface area contributed by atoms with Crippen LogP contribution >= 0.6 is 0 Å². The van der Waals surface area contributed by atoms with Crippen molar-refractivity contribution in [2.75, 3.05) is 32.9 Å². The van der Waals surface area contributed by atoms with Crippen molar-refractivity contribution in [3.63, 3.8) is 0 Å². The van der Waals surface area contributed by atoms with Gasteiger partial charge >= 0.3 is 5.97 Å². The number of carboxylic acids is 1. The molecule has 2 atom stereocenters. The minimum atomic E-state index is -0.733. The molecule has 2 unspecified atom stereocenters. The van der Waals surface area contributed by atoms with Crippen molar-refractivity contribution in [1.82, 2.24) is 4.90 Å². The molecule has 2 aliphatic heterocycles. The van der Waals surface area contributed by atoms with Gasteiger partial charge in [0.1, 0.15) is 5.54 Å². The van der Waals surface area contributed by atoms with E-state index in [1.54, 1.807) is 0 Å². The van der Waals surface area contributed by atoms with Gasteiger partial charge in [-0.3, -0.25) is 9.69 Å². The lowest BCUT2D eigenvalue weighted by atomic mass is 9.83. The Morgan fingerprint density at radius 1 is 1.41 bits per heavy atom. The molecule has 2 rings (SSSR count). The van der Waals surface area contributed by atoms with Gasteiger partial charge in [0, 0.05) is 26.1 Å². The van der Waals surface area contributed by atoms with Crippen LogP contribution in [0.4, 0.5) is 0 Å². The summed E-state index contributed by atoms with van der Waals surface area (Å²) in [6, 6.07) is 0. The summed E-state index contributed by atoms with van der Waals surface area (Å²) in [5.74, 6) is -0.707. The van der Waals surface area contributed by atoms with Crippen LogP contribution in [0.15, 0.2) is 0 Å². The van der Waals surface area contributed by atoms with Gasteiger partial charge in [0.05, 0.1) is 19.3 Å². The minimum absolute atomic E-state index is 0.0719. The van der Waals surface area contributed by atoms with E-state index in [4.69, 9.17) is 9.47 Å². The lowest BCUT2D eigenvalue weighted by Gasteiger charge is -2.46. The topological polar surface area (TPSA) is 59.0 Å². The molecule has 0 saturated carbocycles. The van der Waals surface area contributed by atoms with Crippen LogP contribution < -0.4 is 0 Å². The second-order valence-corrected chi connectivity index (χ2v) is 4.79. The smallest absolute Gasteiger partial charge is 0.324 e. The molecule has 2 saturated heterocycles. The van der Waals surface area contributed by atoms with Gasteiger partial charge in [0.25, 0.3) is 0 Å². The fourth-order valence-electron chi connectivity index (χ4n) is 2.80. The molecule has 2 heterocycles. The van der Waals surface area contributed by atoms with Crippen molar-refractivity contribution in [3.8, 4) is 0 Å². The summed E-state index contributed by atoms with van der Waals surface area (Å²) < 4.78 is 10.9. The SMILES string of the molecule is CCC1CC(C(=O)O)(N2CCOCC2)CCO1. The van der Waals surface area contributed by atoms with E-state index in [0.717, 1.165) is 6.42 Å². The van der Waals surface area contributed by atoms with Crippen LogP contribution in [0.5, 0.6) is 0 Å². The minimum Gasteiger partial charge on any atom is -0.480 e. The number of hydrogen-bond acceptors (Lipinski definition) is 4. The summed E-state index contributed by atoms with van der Waals surface area (Å²) >= 11 is 0. The Labute approximate surface area is 102 Å². The number of carbonyl (C=O) groups is 1. The monoisotopic (exact) mass is 243 g/mol. The van der Waals surface area contributed by atoms with E-state index in [1.165, 1.54) is 0 Å². The Kier molecular flexibility index (Phi) is 4.01. The molecule has 98 valence electrons. The third-order valence-corrected chi connectivity index (χ3v) is 3.90. The molecule has 0 radical (unpaired) electrons. The van der Waals surface area contributed by atoms with Gasteiger partial charge in [-0.15, -0.1) is 0 Å². The molecule has 0 aliphatic carbocycles. The zero-order valence-corrected chi connectivity index (χ0v) is 10.4. The number of carboxylic acid groups (broad SMARTS) is 1. The predicted molar refractivity (Wildman–Crippen MR) is 62.0 cm³/mol. The number of ether oxygens (including phenoxy) is 2. The molecule has 2 aliphatic rings. The molecule has 0 spiro atoms. The lowest BCUT2D eigenvalue weighted by molar-refractivity contribution is -0.168. The summed E-state index contributed by atoms with van der Waals surface area (Å²) in [4.78, 5) is 13.8. The average molecular weight is 243 g/mol. The predicted octanol–water partition coefficient (Wildman–Crippen LogP) is 0.731. The quantitative estimate of drug-likeness (QED) is 0.792. The number of nitrogens with zero attached hydrogens (tertiary/aromatic N) is 1. The van der Waals surface area contributed by atoms with Gasteiger partial charge in [-0.25, -0.2) is 0 Å². The van der Waals surface area contributed by atoms with E-state index in [9.17, 15) is 9.90 Å². The second-order valence-electron chi connectivity index (χ2n) is 4.79. The van der Waals surface area contributed by atoms with E-state index in [0.29, 0.717) is 45.8 Å². The first kappa shape index (κ1) is 12.8. The van der Waals surface area contributed by atoms with Crippen molar-refractivity contribution < 1.29 is 19.4 Å². The average Bonchev–Trinajstić information content (AvgIpc) is 2.39. The summed E-state index contributed by atoms with van der Waals surface area (Å²) in [7, 11) is 0. The molecule has 0 amide bonds. The Balaban J connectivity index is 2.15. The van der Waals surface area contributed by atoms with Crippen LogP contribution in [0.3, 0.4) is 0 Å². The Bertz CT molecular complexity index is 278. The standard InChI is InChI=1S/C12H21NO4/c1-2-10-9-12(11(14)15,3-6-17-10)13-4-7-16-8-5-13/h10H,2-9H2,1H3,(H,14,15). The van der Waals surface area contributed by atoms with Gasteiger partial charge in [-0.1, -0.05) is 6.92 Å². The first-order chi connectivity index (χ1) is 8.19. The zero-order chi connectivity index (χ0) is 12.3. The van der Waals surface area contributed by atoms with Crippen LogP contribution in [0.1, 0.15) is 26.2 Å². The number of rotatable bonds is 3. The molecule has 0 aromatic carbocycles. The first-order valence-corrected chi connectivity index (χ1v) is 6.37. The molecule has 1 N–H and O–H groups in total. The van der Waals surface area contributed by atoms with Gasteiger partial charge in [-0.2, -0.15) is 0 Å². The van der Waals surface area contributed by atoms with Gasteiger partial charge in [0.15, 0.2) is 0 Å². The van der Waals surface area contributed by atoms with Crippen LogP contribution in [0.25, 0.3) is 0 Å². The van der Waals surface area contributed by atoms with Crippen molar-refractivity contribution in [2.45, 2.75) is 37.8 Å². The summed E-state index contributed by atoms with van der Waals surface area (Å²) in [5, 5.41) is 9.62. The summed E-state index contributed by atoms with van der Waals surface area (Å²) in [6.45, 7) is 5.27. The van der Waals surface area contributed by atoms with E-state index in [2.05, 4.69) is 4.90 Å². The van der Waals surface area contributed by atoms with Crippen molar-refractivity contribution in [1.29, 1.82) is 0 Å². The third kappa shape index (κ3) is 2.46. The van der Waals surface area contributed by atoms with Crippen LogP contribution in [-0.4, -0.2) is 60.5 Å². The molecule has 5 heteroatoms. The molecule has 5 nitrogen and oxygen atoms in total. The molecule has 0 aromatic rings. The van der Waals surface area contributed by atoms with Crippen molar-refractivity contribution >= 4 is 5.97 Å². The Morgan fingerprint density at radius 3 is 2.71 bits per heavy atom. The lowest BCUT2D eigenvalue weighted by Crippen LogP contribution is -2.61. The number of aliphatic carboxylic acids is 1. The highest BCUT2D eigenvalue weighted by Gasteiger charge is 2.48. The molecular weight excluding hydrogens is 222 g/mol. The van der Waals surface area contributed by atoms with Crippen molar-refractivity contribution in [3.05, 3.63) is 0 Å². The highest BCUT2D eigenvalue weighted by atomic mass is 16.5. The fourth-order valence-corrected chi connectivity index (χ4v) is 2.80. The highest BCUT2D eigenvalue weighted by molar-refractivity contribution is 5.79. The van der Waals surface area contributed by atoms with E-state index in [1.807, 2.05) is 6.92 Å². The fraction of sp³-hybridized carbons (Fsp3) is 0.917. The van der Waals surface area contributed by atoms with Crippen LogP contribution in [-0.2, 0) is 14.3 Å². The van der Waals surface area contributed by atoms with Crippen molar-refractivity contribution in [2.24, 2.45) is 0 Å². The largest absolute Gasteiger partial charge is 0.480 e. The van der Waals surface area contributed by atoms with Crippen LogP contribution in [0, 0.1) is 0 Å². The maximum Gasteiger partial charge on any atom is 0.324 e. The highest BCUT2D eigenvalue weighted by Crippen LogP contribution is 2.33. The third-order valence-electron chi connectivity index (χ3n) is 3.90. The first-order valence-electron chi connectivity index (χ1n) is 6.37. The summed E-state index contributed by atoms with van der Waals surface area (Å²) in [5.41, 5.74) is -0.733. The van der Waals surface area contributed by atoms with E-state index < -0.39 is 11.5 Å². The molecule has 0 aromatic heterocycles. The normalized spacial score (nSPS) is 35.7. The Morgan fingerprint density at radius 2 is 2.12 bits per heavy atom. The van der Waals surface area contributed by atoms with Crippen LogP contribution in [0.2, 0.25) is 0 Å². The van der Waals surface area contributed by atoms with Gasteiger partial charge in [0.2, 0.25) is 0 Å². The maximum absolute atomic E-state index is 11.7. The maximum atomic E-state index is 11.7. The summed E-state index contributed by atoms with van der Waals surface area (Å²) in [6.07, 6.45) is 2.12. The second kappa shape index (κ2) is 5.33. The molecule has 2 fully saturated rings. The van der Waals surface area contributed by atoms with E-state index in [-0.39, 0.29) is 6.10 Å². The Hall–Kier alpha value is -0.650. The molecule has 0 bridgehead atoms. The van der Waals surface area contributed by atoms with Gasteiger partial charge < -0.3 is 14.6 Å². The van der Waals surface area contributed by atoms with E-state index >= 15 is 0 Å². The number of morpholine rings is 1. The van der Waals surface area contributed by atoms with Gasteiger partial charge in [-0.05, 0) is 12.8 Å². The molecular formula is C12H21NO4.